The minimum absolute atomic E-state index is 0.0807. The largest absolute Gasteiger partial charge is 0.349 e. The molecule has 1 aromatic rings. The summed E-state index contributed by atoms with van der Waals surface area (Å²) < 4.78 is 25.3. The third-order valence-electron chi connectivity index (χ3n) is 4.86. The van der Waals surface area contributed by atoms with Gasteiger partial charge in [-0.15, -0.1) is 0 Å². The van der Waals surface area contributed by atoms with Crippen LogP contribution in [0.15, 0.2) is 18.2 Å². The van der Waals surface area contributed by atoms with Crippen molar-refractivity contribution < 1.29 is 13.2 Å². The molecule has 0 bridgehead atoms. The first-order chi connectivity index (χ1) is 11.4. The Hall–Kier alpha value is -1.31. The highest BCUT2D eigenvalue weighted by atomic mass is 35.5. The second-order valence-electron chi connectivity index (χ2n) is 6.41. The highest BCUT2D eigenvalue weighted by Crippen LogP contribution is 2.30. The number of nitrogens with one attached hydrogen (secondary N) is 1. The lowest BCUT2D eigenvalue weighted by molar-refractivity contribution is 0.0929. The molecule has 1 aromatic carbocycles. The molecule has 1 saturated heterocycles. The predicted octanol–water partition coefficient (Wildman–Crippen LogP) is 1.74. The lowest BCUT2D eigenvalue weighted by atomic mass is 10.0. The van der Waals surface area contributed by atoms with Gasteiger partial charge in [-0.3, -0.25) is 9.10 Å². The van der Waals surface area contributed by atoms with Gasteiger partial charge in [0.25, 0.3) is 5.91 Å². The predicted molar refractivity (Wildman–Crippen MR) is 94.9 cm³/mol. The van der Waals surface area contributed by atoms with E-state index in [-0.39, 0.29) is 22.7 Å². The van der Waals surface area contributed by atoms with Crippen molar-refractivity contribution in [2.45, 2.75) is 31.7 Å². The summed E-state index contributed by atoms with van der Waals surface area (Å²) in [5.74, 6) is 0.220. The maximum Gasteiger partial charge on any atom is 0.253 e. The number of benzene rings is 1. The van der Waals surface area contributed by atoms with Crippen molar-refractivity contribution in [1.29, 1.82) is 0 Å². The van der Waals surface area contributed by atoms with Crippen LogP contribution in [0.2, 0.25) is 5.02 Å². The topological polar surface area (TPSA) is 92.5 Å². The molecule has 8 heteroatoms. The Kier molecular flexibility index (Phi) is 5.03. The number of anilines is 1. The molecule has 1 aliphatic carbocycles. The van der Waals surface area contributed by atoms with E-state index in [9.17, 15) is 13.2 Å². The first-order valence-corrected chi connectivity index (χ1v) is 10.2. The van der Waals surface area contributed by atoms with E-state index < -0.39 is 10.0 Å². The fourth-order valence-corrected chi connectivity index (χ4v) is 5.34. The molecule has 6 nitrogen and oxygen atoms in total. The zero-order valence-electron chi connectivity index (χ0n) is 13.4. The lowest BCUT2D eigenvalue weighted by Crippen LogP contribution is -2.40. The maximum atomic E-state index is 12.5. The first kappa shape index (κ1) is 17.5. The van der Waals surface area contributed by atoms with Crippen LogP contribution in [-0.4, -0.2) is 39.2 Å². The van der Waals surface area contributed by atoms with E-state index in [1.165, 1.54) is 4.31 Å². The van der Waals surface area contributed by atoms with Gasteiger partial charge in [-0.25, -0.2) is 8.42 Å². The molecule has 2 atom stereocenters. The Morgan fingerprint density at radius 2 is 2.12 bits per heavy atom. The van der Waals surface area contributed by atoms with Gasteiger partial charge in [-0.05, 0) is 49.9 Å². The highest BCUT2D eigenvalue weighted by Gasteiger charge is 2.30. The van der Waals surface area contributed by atoms with Crippen LogP contribution in [0.1, 0.15) is 36.0 Å². The number of nitrogens with zero attached hydrogens (tertiary/aromatic N) is 1. The smallest absolute Gasteiger partial charge is 0.253 e. The number of sulfonamides is 1. The van der Waals surface area contributed by atoms with Crippen molar-refractivity contribution in [3.8, 4) is 0 Å². The Bertz CT molecular complexity index is 738. The minimum Gasteiger partial charge on any atom is -0.349 e. The van der Waals surface area contributed by atoms with E-state index in [2.05, 4.69) is 5.32 Å². The normalized spacial score (nSPS) is 25.8. The molecule has 0 radical (unpaired) electrons. The average molecular weight is 372 g/mol. The van der Waals surface area contributed by atoms with Gasteiger partial charge in [0.2, 0.25) is 10.0 Å². The van der Waals surface area contributed by atoms with Crippen LogP contribution in [-0.2, 0) is 10.0 Å². The Balaban J connectivity index is 1.76. The van der Waals surface area contributed by atoms with Crippen LogP contribution < -0.4 is 15.4 Å². The molecule has 1 amide bonds. The lowest BCUT2D eigenvalue weighted by Gasteiger charge is -2.21. The first-order valence-electron chi connectivity index (χ1n) is 8.23. The SMILES string of the molecule is NC[C@H]1CCC[C@@H]1NC(=O)c1ccc(N2CCCS2(=O)=O)cc1Cl. The Labute approximate surface area is 147 Å². The molecule has 0 aromatic heterocycles. The summed E-state index contributed by atoms with van der Waals surface area (Å²) in [6.07, 6.45) is 3.62. The van der Waals surface area contributed by atoms with E-state index in [1.807, 2.05) is 0 Å². The molecule has 3 rings (SSSR count). The molecule has 1 heterocycles. The van der Waals surface area contributed by atoms with Crippen molar-refractivity contribution in [3.05, 3.63) is 28.8 Å². The van der Waals surface area contributed by atoms with Crippen molar-refractivity contribution >= 4 is 33.2 Å². The van der Waals surface area contributed by atoms with Crippen molar-refractivity contribution in [2.75, 3.05) is 23.1 Å². The van der Waals surface area contributed by atoms with E-state index in [1.54, 1.807) is 18.2 Å². The number of nitrogens with two attached hydrogens (primary N) is 1. The minimum atomic E-state index is -3.26. The number of hydrogen-bond acceptors (Lipinski definition) is 4. The fraction of sp³-hybridized carbons (Fsp3) is 0.562. The summed E-state index contributed by atoms with van der Waals surface area (Å²) >= 11 is 6.24. The summed E-state index contributed by atoms with van der Waals surface area (Å²) in [7, 11) is -3.26. The Morgan fingerprint density at radius 1 is 1.33 bits per heavy atom. The van der Waals surface area contributed by atoms with Gasteiger partial charge in [0.1, 0.15) is 0 Å². The number of hydrogen-bond donors (Lipinski definition) is 2. The molecule has 3 N–H and O–H groups in total. The average Bonchev–Trinajstić information content (AvgIpc) is 3.12. The van der Waals surface area contributed by atoms with Crippen LogP contribution in [0.4, 0.5) is 5.69 Å². The van der Waals surface area contributed by atoms with Crippen molar-refractivity contribution in [2.24, 2.45) is 11.7 Å². The molecule has 0 spiro atoms. The number of carbonyl (C=O) groups excluding carboxylic acids is 1. The second-order valence-corrected chi connectivity index (χ2v) is 8.83. The van der Waals surface area contributed by atoms with E-state index in [4.69, 9.17) is 17.3 Å². The summed E-state index contributed by atoms with van der Waals surface area (Å²) in [6, 6.07) is 4.86. The molecule has 1 aliphatic heterocycles. The van der Waals surface area contributed by atoms with E-state index >= 15 is 0 Å². The summed E-state index contributed by atoms with van der Waals surface area (Å²) in [5, 5.41) is 3.27. The molecule has 2 fully saturated rings. The molecular weight excluding hydrogens is 350 g/mol. The monoisotopic (exact) mass is 371 g/mol. The van der Waals surface area contributed by atoms with Gasteiger partial charge in [-0.2, -0.15) is 0 Å². The second kappa shape index (κ2) is 6.90. The number of rotatable bonds is 4. The zero-order chi connectivity index (χ0) is 17.3. The van der Waals surface area contributed by atoms with Gasteiger partial charge >= 0.3 is 0 Å². The van der Waals surface area contributed by atoms with Crippen LogP contribution >= 0.6 is 11.6 Å². The van der Waals surface area contributed by atoms with Gasteiger partial charge in [0.15, 0.2) is 0 Å². The quantitative estimate of drug-likeness (QED) is 0.843. The van der Waals surface area contributed by atoms with Gasteiger partial charge in [0, 0.05) is 12.6 Å². The van der Waals surface area contributed by atoms with Crippen LogP contribution in [0.3, 0.4) is 0 Å². The Morgan fingerprint density at radius 3 is 2.75 bits per heavy atom. The standard InChI is InChI=1S/C16H22ClN3O3S/c17-14-9-12(20-7-2-8-24(20,22)23)5-6-13(14)16(21)19-15-4-1-3-11(15)10-18/h5-6,9,11,15H,1-4,7-8,10,18H2,(H,19,21)/t11-,15+/m1/s1. The van der Waals surface area contributed by atoms with Crippen LogP contribution in [0.5, 0.6) is 0 Å². The molecule has 132 valence electrons. The summed E-state index contributed by atoms with van der Waals surface area (Å²) in [5.41, 5.74) is 6.61. The molecule has 1 saturated carbocycles. The van der Waals surface area contributed by atoms with Crippen molar-refractivity contribution in [3.63, 3.8) is 0 Å². The van der Waals surface area contributed by atoms with Gasteiger partial charge in [-0.1, -0.05) is 18.0 Å². The molecule has 2 aliphatic rings. The van der Waals surface area contributed by atoms with Crippen molar-refractivity contribution in [1.82, 2.24) is 5.32 Å². The fourth-order valence-electron chi connectivity index (χ4n) is 3.53. The summed E-state index contributed by atoms with van der Waals surface area (Å²) in [4.78, 5) is 12.5. The number of carbonyl (C=O) groups is 1. The molecule has 0 unspecified atom stereocenters. The third-order valence-corrected chi connectivity index (χ3v) is 7.05. The number of amides is 1. The van der Waals surface area contributed by atoms with Gasteiger partial charge in [0.05, 0.1) is 22.0 Å². The van der Waals surface area contributed by atoms with Crippen LogP contribution in [0.25, 0.3) is 0 Å². The highest BCUT2D eigenvalue weighted by molar-refractivity contribution is 7.93. The zero-order valence-corrected chi connectivity index (χ0v) is 14.9. The maximum absolute atomic E-state index is 12.5. The van der Waals surface area contributed by atoms with Gasteiger partial charge < -0.3 is 11.1 Å². The van der Waals surface area contributed by atoms with E-state index in [0.717, 1.165) is 19.3 Å². The summed E-state index contributed by atoms with van der Waals surface area (Å²) in [6.45, 7) is 1.01. The number of halogens is 1. The molecular formula is C16H22ClN3O3S. The third kappa shape index (κ3) is 3.38. The molecule has 24 heavy (non-hydrogen) atoms. The van der Waals surface area contributed by atoms with Crippen LogP contribution in [0, 0.1) is 5.92 Å². The van der Waals surface area contributed by atoms with E-state index in [0.29, 0.717) is 36.7 Å².